The molecule has 0 aliphatic heterocycles. The molecule has 0 heterocycles. The third-order valence-electron chi connectivity index (χ3n) is 1.91. The van der Waals surface area contributed by atoms with Gasteiger partial charge in [-0.2, -0.15) is 13.2 Å². The van der Waals surface area contributed by atoms with Gasteiger partial charge in [0.2, 0.25) is 0 Å². The van der Waals surface area contributed by atoms with Crippen LogP contribution in [0.5, 0.6) is 0 Å². The lowest BCUT2D eigenvalue weighted by molar-refractivity contribution is -0.137. The zero-order chi connectivity index (χ0) is 14.8. The topological polar surface area (TPSA) is 83.5 Å². The SMILES string of the molecule is CC(C)(C)CC(CC(=O)O)NS(=O)(=O)C(F)(F)F. The highest BCUT2D eigenvalue weighted by Crippen LogP contribution is 2.26. The van der Waals surface area contributed by atoms with Gasteiger partial charge >= 0.3 is 21.5 Å². The lowest BCUT2D eigenvalue weighted by atomic mass is 9.87. The normalized spacial score (nSPS) is 15.4. The van der Waals surface area contributed by atoms with Crippen LogP contribution >= 0.6 is 0 Å². The van der Waals surface area contributed by atoms with Gasteiger partial charge in [-0.1, -0.05) is 20.8 Å². The van der Waals surface area contributed by atoms with Crippen molar-refractivity contribution in [1.29, 1.82) is 0 Å². The average molecular weight is 291 g/mol. The molecule has 2 N–H and O–H groups in total. The first-order chi connectivity index (χ1) is 7.74. The number of hydrogen-bond acceptors (Lipinski definition) is 3. The summed E-state index contributed by atoms with van der Waals surface area (Å²) in [5, 5.41) is 8.56. The van der Waals surface area contributed by atoms with Crippen LogP contribution in [-0.2, 0) is 14.8 Å². The highest BCUT2D eigenvalue weighted by atomic mass is 32.2. The largest absolute Gasteiger partial charge is 0.511 e. The Kier molecular flexibility index (Phi) is 5.18. The summed E-state index contributed by atoms with van der Waals surface area (Å²) in [6, 6.07) is -1.30. The zero-order valence-electron chi connectivity index (χ0n) is 10.2. The van der Waals surface area contributed by atoms with E-state index in [9.17, 15) is 26.4 Å². The van der Waals surface area contributed by atoms with Gasteiger partial charge in [0.1, 0.15) is 0 Å². The average Bonchev–Trinajstić information content (AvgIpc) is 1.94. The second-order valence-corrected chi connectivity index (χ2v) is 6.83. The smallest absolute Gasteiger partial charge is 0.481 e. The lowest BCUT2D eigenvalue weighted by Crippen LogP contribution is -2.45. The summed E-state index contributed by atoms with van der Waals surface area (Å²) in [7, 11) is -5.53. The number of rotatable bonds is 5. The number of alkyl halides is 3. The minimum Gasteiger partial charge on any atom is -0.481 e. The monoisotopic (exact) mass is 291 g/mol. The van der Waals surface area contributed by atoms with Crippen LogP contribution in [0.3, 0.4) is 0 Å². The van der Waals surface area contributed by atoms with Gasteiger partial charge in [-0.3, -0.25) is 4.79 Å². The van der Waals surface area contributed by atoms with E-state index in [-0.39, 0.29) is 6.42 Å². The predicted molar refractivity (Wildman–Crippen MR) is 58.2 cm³/mol. The molecule has 0 saturated heterocycles. The van der Waals surface area contributed by atoms with E-state index < -0.39 is 39.4 Å². The van der Waals surface area contributed by atoms with Crippen LogP contribution in [0.25, 0.3) is 0 Å². The molecule has 18 heavy (non-hydrogen) atoms. The number of carboxylic acid groups (broad SMARTS) is 1. The van der Waals surface area contributed by atoms with Gasteiger partial charge in [-0.25, -0.2) is 13.1 Å². The Morgan fingerprint density at radius 2 is 1.72 bits per heavy atom. The fraction of sp³-hybridized carbons (Fsp3) is 0.889. The van der Waals surface area contributed by atoms with Crippen molar-refractivity contribution in [3.8, 4) is 0 Å². The fourth-order valence-corrected chi connectivity index (χ4v) is 2.13. The van der Waals surface area contributed by atoms with E-state index in [0.717, 1.165) is 0 Å². The summed E-state index contributed by atoms with van der Waals surface area (Å²) >= 11 is 0. The Hall–Kier alpha value is -0.830. The number of carboxylic acids is 1. The zero-order valence-corrected chi connectivity index (χ0v) is 11.0. The van der Waals surface area contributed by atoms with Crippen LogP contribution in [0.4, 0.5) is 13.2 Å². The first kappa shape index (κ1) is 17.2. The van der Waals surface area contributed by atoms with Gasteiger partial charge in [0.15, 0.2) is 0 Å². The fourth-order valence-electron chi connectivity index (χ4n) is 1.39. The summed E-state index contributed by atoms with van der Waals surface area (Å²) in [6.45, 7) is 5.01. The van der Waals surface area contributed by atoms with Gasteiger partial charge < -0.3 is 5.11 Å². The molecule has 0 amide bonds. The first-order valence-electron chi connectivity index (χ1n) is 5.05. The molecule has 0 fully saturated rings. The molecule has 1 atom stereocenters. The predicted octanol–water partition coefficient (Wildman–Crippen LogP) is 1.71. The molecule has 0 spiro atoms. The van der Waals surface area contributed by atoms with Crippen molar-refractivity contribution in [3.05, 3.63) is 0 Å². The second-order valence-electron chi connectivity index (χ2n) is 5.13. The molecule has 0 aromatic rings. The van der Waals surface area contributed by atoms with Gasteiger partial charge in [-0.15, -0.1) is 0 Å². The Bertz CT molecular complexity index is 397. The third-order valence-corrected chi connectivity index (χ3v) is 3.16. The Morgan fingerprint density at radius 3 is 2.00 bits per heavy atom. The Labute approximate surface area is 103 Å². The van der Waals surface area contributed by atoms with Crippen molar-refractivity contribution in [1.82, 2.24) is 4.72 Å². The van der Waals surface area contributed by atoms with E-state index in [1.165, 1.54) is 4.72 Å². The summed E-state index contributed by atoms with van der Waals surface area (Å²) in [5.41, 5.74) is -5.95. The number of nitrogens with one attached hydrogen (secondary N) is 1. The molecule has 9 heteroatoms. The molecule has 0 rings (SSSR count). The van der Waals surface area contributed by atoms with Crippen LogP contribution in [-0.4, -0.2) is 31.0 Å². The van der Waals surface area contributed by atoms with E-state index in [2.05, 4.69) is 0 Å². The van der Waals surface area contributed by atoms with E-state index in [1.54, 1.807) is 20.8 Å². The van der Waals surface area contributed by atoms with Crippen molar-refractivity contribution in [2.75, 3.05) is 0 Å². The van der Waals surface area contributed by atoms with E-state index in [0.29, 0.717) is 0 Å². The van der Waals surface area contributed by atoms with Crippen molar-refractivity contribution in [3.63, 3.8) is 0 Å². The lowest BCUT2D eigenvalue weighted by Gasteiger charge is -2.25. The molecule has 1 unspecified atom stereocenters. The summed E-state index contributed by atoms with van der Waals surface area (Å²) in [6.07, 6.45) is -0.721. The number of carbonyl (C=O) groups is 1. The third kappa shape index (κ3) is 6.20. The van der Waals surface area contributed by atoms with Crippen LogP contribution < -0.4 is 4.72 Å². The molecular weight excluding hydrogens is 275 g/mol. The van der Waals surface area contributed by atoms with Crippen LogP contribution in [0.15, 0.2) is 0 Å². The van der Waals surface area contributed by atoms with Gasteiger partial charge in [0.25, 0.3) is 0 Å². The summed E-state index contributed by atoms with van der Waals surface area (Å²) < 4.78 is 59.7. The molecule has 108 valence electrons. The maximum Gasteiger partial charge on any atom is 0.511 e. The van der Waals surface area contributed by atoms with Crippen molar-refractivity contribution in [2.45, 2.75) is 45.2 Å². The molecule has 0 aliphatic rings. The molecule has 0 aromatic heterocycles. The minimum absolute atomic E-state index is 0.0192. The number of aliphatic carboxylic acids is 1. The maximum atomic E-state index is 12.2. The molecular formula is C9H16F3NO4S. The van der Waals surface area contributed by atoms with Gasteiger partial charge in [0.05, 0.1) is 6.42 Å². The van der Waals surface area contributed by atoms with E-state index in [4.69, 9.17) is 5.11 Å². The molecule has 0 aliphatic carbocycles. The number of halogens is 3. The van der Waals surface area contributed by atoms with Crippen molar-refractivity contribution in [2.24, 2.45) is 5.41 Å². The summed E-state index contributed by atoms with van der Waals surface area (Å²) in [5.74, 6) is -1.37. The van der Waals surface area contributed by atoms with E-state index >= 15 is 0 Å². The molecule has 0 aromatic carbocycles. The van der Waals surface area contributed by atoms with E-state index in [1.807, 2.05) is 0 Å². The molecule has 0 saturated carbocycles. The molecule has 0 radical (unpaired) electrons. The quantitative estimate of drug-likeness (QED) is 0.807. The minimum atomic E-state index is -5.53. The van der Waals surface area contributed by atoms with Crippen LogP contribution in [0, 0.1) is 5.41 Å². The Morgan fingerprint density at radius 1 is 1.28 bits per heavy atom. The number of sulfonamides is 1. The molecule has 0 bridgehead atoms. The van der Waals surface area contributed by atoms with Crippen LogP contribution in [0.1, 0.15) is 33.6 Å². The molecule has 5 nitrogen and oxygen atoms in total. The van der Waals surface area contributed by atoms with Crippen molar-refractivity contribution >= 4 is 16.0 Å². The maximum absolute atomic E-state index is 12.2. The Balaban J connectivity index is 4.97. The van der Waals surface area contributed by atoms with Gasteiger partial charge in [-0.05, 0) is 11.8 Å². The highest BCUT2D eigenvalue weighted by molar-refractivity contribution is 7.90. The second kappa shape index (κ2) is 5.43. The highest BCUT2D eigenvalue weighted by Gasteiger charge is 2.47. The first-order valence-corrected chi connectivity index (χ1v) is 6.53. The van der Waals surface area contributed by atoms with Crippen molar-refractivity contribution < 1.29 is 31.5 Å². The number of hydrogen-bond donors (Lipinski definition) is 2. The van der Waals surface area contributed by atoms with Crippen LogP contribution in [0.2, 0.25) is 0 Å². The standard InChI is InChI=1S/C9H16F3NO4S/c1-8(2,3)5-6(4-7(14)15)13-18(16,17)9(10,11)12/h6,13H,4-5H2,1-3H3,(H,14,15). The summed E-state index contributed by atoms with van der Waals surface area (Å²) in [4.78, 5) is 10.5. The van der Waals surface area contributed by atoms with Gasteiger partial charge in [0, 0.05) is 6.04 Å².